The summed E-state index contributed by atoms with van der Waals surface area (Å²) in [6, 6.07) is 10.2. The number of carboxylic acids is 1. The van der Waals surface area contributed by atoms with Gasteiger partial charge < -0.3 is 24.9 Å². The van der Waals surface area contributed by atoms with Crippen molar-refractivity contribution >= 4 is 35.1 Å². The van der Waals surface area contributed by atoms with Gasteiger partial charge in [-0.1, -0.05) is 12.1 Å². The first kappa shape index (κ1) is 28.2. The Bertz CT molecular complexity index is 1330. The van der Waals surface area contributed by atoms with Crippen molar-refractivity contribution in [1.29, 1.82) is 0 Å². The van der Waals surface area contributed by atoms with Crippen molar-refractivity contribution in [3.05, 3.63) is 41.6 Å². The van der Waals surface area contributed by atoms with Gasteiger partial charge in [-0.05, 0) is 76.3 Å². The zero-order valence-electron chi connectivity index (χ0n) is 21.6. The summed E-state index contributed by atoms with van der Waals surface area (Å²) in [4.78, 5) is 8.90. The second-order valence-electron chi connectivity index (χ2n) is 9.73. The maximum absolute atomic E-state index is 10.6. The molecule has 2 heterocycles. The highest BCUT2D eigenvalue weighted by molar-refractivity contribution is 6.62. The Morgan fingerprint density at radius 1 is 1.03 bits per heavy atom. The third kappa shape index (κ3) is 5.64. The molecule has 198 valence electrons. The normalized spacial score (nSPS) is 16.3. The first-order chi connectivity index (χ1) is 17.0. The second-order valence-corrected chi connectivity index (χ2v) is 9.73. The van der Waals surface area contributed by atoms with Gasteiger partial charge in [0, 0.05) is 16.3 Å². The number of nitrogen functional groups attached to an aromatic ring is 1. The van der Waals surface area contributed by atoms with E-state index in [4.69, 9.17) is 29.7 Å². The monoisotopic (exact) mass is 519 g/mol. The second kappa shape index (κ2) is 9.83. The van der Waals surface area contributed by atoms with Crippen LogP contribution < -0.4 is 15.9 Å². The molecule has 0 unspecified atom stereocenters. The molecule has 1 aromatic heterocycles. The van der Waals surface area contributed by atoms with E-state index in [9.17, 15) is 13.2 Å². The lowest BCUT2D eigenvalue weighted by molar-refractivity contribution is -0.192. The highest BCUT2D eigenvalue weighted by Gasteiger charge is 2.52. The third-order valence-electron chi connectivity index (χ3n) is 6.64. The molecular weight excluding hydrogens is 490 g/mol. The van der Waals surface area contributed by atoms with E-state index in [1.807, 2.05) is 32.0 Å². The summed E-state index contributed by atoms with van der Waals surface area (Å²) in [5, 5.41) is 17.2. The zero-order valence-corrected chi connectivity index (χ0v) is 21.6. The SMILES string of the molecule is COc1cc(C)c(B2OC(C)(C)C(C)(C)O2)cc1-c1ccc2c(N)nnc(C)c2c1.O=C(O)C(F)(F)F. The number of methoxy groups -OCH3 is 1. The lowest BCUT2D eigenvalue weighted by Gasteiger charge is -2.32. The standard InChI is InChI=1S/C23H28BN3O3.C2HF3O2/c1-13-10-20(28-7)18(12-19(13)24-29-22(3,4)23(5,6)30-24)15-8-9-16-17(11-15)14(2)26-27-21(16)25;3-2(4,5)1(6)7/h8-12H,1-7H3,(H2,25,27);(H,6,7). The van der Waals surface area contributed by atoms with Crippen LogP contribution in [0.25, 0.3) is 21.9 Å². The van der Waals surface area contributed by atoms with Gasteiger partial charge in [-0.3, -0.25) is 0 Å². The molecule has 0 radical (unpaired) electrons. The first-order valence-corrected chi connectivity index (χ1v) is 11.4. The number of alkyl halides is 3. The molecule has 1 aliphatic heterocycles. The molecule has 3 aromatic rings. The molecule has 0 aliphatic carbocycles. The molecule has 37 heavy (non-hydrogen) atoms. The predicted molar refractivity (Wildman–Crippen MR) is 135 cm³/mol. The molecule has 2 aromatic carbocycles. The smallest absolute Gasteiger partial charge is 0.495 e. The van der Waals surface area contributed by atoms with Crippen LogP contribution in [-0.2, 0) is 14.1 Å². The molecule has 12 heteroatoms. The van der Waals surface area contributed by atoms with E-state index in [2.05, 4.69) is 50.0 Å². The molecule has 0 atom stereocenters. The van der Waals surface area contributed by atoms with Crippen LogP contribution in [0.2, 0.25) is 0 Å². The third-order valence-corrected chi connectivity index (χ3v) is 6.64. The van der Waals surface area contributed by atoms with Crippen LogP contribution in [0.5, 0.6) is 5.75 Å². The highest BCUT2D eigenvalue weighted by Crippen LogP contribution is 2.38. The van der Waals surface area contributed by atoms with Gasteiger partial charge in [-0.15, -0.1) is 5.10 Å². The number of anilines is 1. The average Bonchev–Trinajstić information content (AvgIpc) is 3.02. The summed E-state index contributed by atoms with van der Waals surface area (Å²) in [5.74, 6) is -1.54. The van der Waals surface area contributed by atoms with Crippen molar-refractivity contribution in [3.8, 4) is 16.9 Å². The minimum atomic E-state index is -5.08. The van der Waals surface area contributed by atoms with Crippen LogP contribution in [0.15, 0.2) is 30.3 Å². The Labute approximate surface area is 213 Å². The largest absolute Gasteiger partial charge is 0.496 e. The quantitative estimate of drug-likeness (QED) is 0.488. The maximum atomic E-state index is 10.6. The Balaban J connectivity index is 0.000000479. The van der Waals surface area contributed by atoms with E-state index in [0.29, 0.717) is 5.82 Å². The molecule has 0 saturated carbocycles. The fourth-order valence-electron chi connectivity index (χ4n) is 3.79. The van der Waals surface area contributed by atoms with E-state index in [-0.39, 0.29) is 0 Å². The van der Waals surface area contributed by atoms with E-state index >= 15 is 0 Å². The lowest BCUT2D eigenvalue weighted by atomic mass is 9.74. The summed E-state index contributed by atoms with van der Waals surface area (Å²) in [7, 11) is 1.24. The number of aliphatic carboxylic acids is 1. The average molecular weight is 519 g/mol. The minimum absolute atomic E-state index is 0.402. The number of nitrogens with two attached hydrogens (primary N) is 1. The van der Waals surface area contributed by atoms with Gasteiger partial charge in [0.1, 0.15) is 5.75 Å². The van der Waals surface area contributed by atoms with Crippen LogP contribution in [0.3, 0.4) is 0 Å². The number of benzene rings is 2. The summed E-state index contributed by atoms with van der Waals surface area (Å²) < 4.78 is 50.1. The summed E-state index contributed by atoms with van der Waals surface area (Å²) >= 11 is 0. The van der Waals surface area contributed by atoms with Gasteiger partial charge in [0.05, 0.1) is 24.0 Å². The molecular formula is C25H29BF3N3O5. The minimum Gasteiger partial charge on any atom is -0.496 e. The molecule has 4 rings (SSSR count). The summed E-state index contributed by atoms with van der Waals surface area (Å²) in [5.41, 5.74) is 10.1. The Hall–Kier alpha value is -3.38. The van der Waals surface area contributed by atoms with Crippen molar-refractivity contribution in [2.75, 3.05) is 12.8 Å². The van der Waals surface area contributed by atoms with Crippen molar-refractivity contribution in [2.24, 2.45) is 0 Å². The van der Waals surface area contributed by atoms with Gasteiger partial charge >= 0.3 is 19.3 Å². The van der Waals surface area contributed by atoms with Crippen molar-refractivity contribution in [2.45, 2.75) is 58.9 Å². The molecule has 1 aliphatic rings. The number of hydrogen-bond acceptors (Lipinski definition) is 7. The lowest BCUT2D eigenvalue weighted by Crippen LogP contribution is -2.41. The predicted octanol–water partition coefficient (Wildman–Crippen LogP) is 4.44. The van der Waals surface area contributed by atoms with Crippen molar-refractivity contribution in [1.82, 2.24) is 10.2 Å². The number of halogens is 3. The van der Waals surface area contributed by atoms with Gasteiger partial charge in [-0.25, -0.2) is 4.79 Å². The van der Waals surface area contributed by atoms with Gasteiger partial charge in [0.25, 0.3) is 0 Å². The highest BCUT2D eigenvalue weighted by atomic mass is 19.4. The number of hydrogen-bond donors (Lipinski definition) is 2. The summed E-state index contributed by atoms with van der Waals surface area (Å²) in [6.07, 6.45) is -5.08. The van der Waals surface area contributed by atoms with E-state index < -0.39 is 30.5 Å². The van der Waals surface area contributed by atoms with E-state index in [0.717, 1.165) is 44.4 Å². The number of ether oxygens (including phenoxy) is 1. The number of fused-ring (bicyclic) bond motifs is 1. The van der Waals surface area contributed by atoms with E-state index in [1.165, 1.54) is 0 Å². The molecule has 8 nitrogen and oxygen atoms in total. The van der Waals surface area contributed by atoms with Gasteiger partial charge in [-0.2, -0.15) is 18.3 Å². The molecule has 3 N–H and O–H groups in total. The Morgan fingerprint density at radius 3 is 2.11 bits per heavy atom. The Kier molecular flexibility index (Phi) is 7.49. The number of nitrogens with zero attached hydrogens (tertiary/aromatic N) is 2. The van der Waals surface area contributed by atoms with E-state index in [1.54, 1.807) is 7.11 Å². The fourth-order valence-corrected chi connectivity index (χ4v) is 3.79. The molecule has 1 fully saturated rings. The fraction of sp³-hybridized carbons (Fsp3) is 0.400. The zero-order chi connectivity index (χ0) is 27.9. The molecule has 0 bridgehead atoms. The van der Waals surface area contributed by atoms with Gasteiger partial charge in [0.2, 0.25) is 0 Å². The number of aromatic nitrogens is 2. The van der Waals surface area contributed by atoms with Crippen LogP contribution in [-0.4, -0.2) is 52.9 Å². The summed E-state index contributed by atoms with van der Waals surface area (Å²) in [6.45, 7) is 12.2. The molecule has 0 spiro atoms. The number of carbonyl (C=O) groups is 1. The van der Waals surface area contributed by atoms with Crippen LogP contribution in [0.4, 0.5) is 19.0 Å². The number of rotatable bonds is 3. The maximum Gasteiger partial charge on any atom is 0.495 e. The van der Waals surface area contributed by atoms with Gasteiger partial charge in [0.15, 0.2) is 5.82 Å². The topological polar surface area (TPSA) is 117 Å². The number of carboxylic acid groups (broad SMARTS) is 1. The van der Waals surface area contributed by atoms with Crippen LogP contribution in [0, 0.1) is 13.8 Å². The Morgan fingerprint density at radius 2 is 1.59 bits per heavy atom. The number of aryl methyl sites for hydroxylation is 2. The first-order valence-electron chi connectivity index (χ1n) is 11.4. The van der Waals surface area contributed by atoms with Crippen LogP contribution >= 0.6 is 0 Å². The molecule has 1 saturated heterocycles. The van der Waals surface area contributed by atoms with Crippen molar-refractivity contribution < 1.29 is 37.1 Å². The molecule has 0 amide bonds. The van der Waals surface area contributed by atoms with Crippen LogP contribution in [0.1, 0.15) is 39.0 Å². The van der Waals surface area contributed by atoms with Crippen molar-refractivity contribution in [3.63, 3.8) is 0 Å².